The fraction of sp³-hybridized carbons (Fsp3) is 0.158. The van der Waals surface area contributed by atoms with Gasteiger partial charge in [0.25, 0.3) is 0 Å². The third-order valence-electron chi connectivity index (χ3n) is 3.55. The second kappa shape index (κ2) is 7.38. The van der Waals surface area contributed by atoms with Crippen LogP contribution in [0.3, 0.4) is 0 Å². The van der Waals surface area contributed by atoms with Crippen LogP contribution >= 0.6 is 15.9 Å². The van der Waals surface area contributed by atoms with Crippen LogP contribution in [0, 0.1) is 0 Å². The number of esters is 1. The fourth-order valence-corrected chi connectivity index (χ4v) is 2.56. The van der Waals surface area contributed by atoms with Gasteiger partial charge in [-0.25, -0.2) is 0 Å². The van der Waals surface area contributed by atoms with E-state index in [-0.39, 0.29) is 5.97 Å². The van der Waals surface area contributed by atoms with Gasteiger partial charge >= 0.3 is 5.97 Å². The minimum absolute atomic E-state index is 0.206. The number of ether oxygens (including phenoxy) is 1. The predicted octanol–water partition coefficient (Wildman–Crippen LogP) is 4.67. The Morgan fingerprint density at radius 2 is 1.78 bits per heavy atom. The van der Waals surface area contributed by atoms with Gasteiger partial charge in [0.05, 0.1) is 11.9 Å². The van der Waals surface area contributed by atoms with Gasteiger partial charge in [0.15, 0.2) is 0 Å². The monoisotopic (exact) mass is 369 g/mol. The van der Waals surface area contributed by atoms with Crippen LogP contribution in [0.5, 0.6) is 0 Å². The number of para-hydroxylation sites is 1. The van der Waals surface area contributed by atoms with Crippen LogP contribution in [-0.4, -0.2) is 11.0 Å². The first kappa shape index (κ1) is 15.7. The summed E-state index contributed by atoms with van der Waals surface area (Å²) in [6.45, 7) is 0.303. The number of nitrogens with zero attached hydrogens (tertiary/aromatic N) is 1. The van der Waals surface area contributed by atoms with Crippen LogP contribution in [-0.2, 0) is 22.6 Å². The van der Waals surface area contributed by atoms with Crippen LogP contribution in [0.25, 0.3) is 10.9 Å². The van der Waals surface area contributed by atoms with Gasteiger partial charge in [-0.15, -0.1) is 0 Å². The molecule has 2 aromatic carbocycles. The van der Waals surface area contributed by atoms with Crippen LogP contribution in [0.15, 0.2) is 65.1 Å². The van der Waals surface area contributed by atoms with Crippen molar-refractivity contribution in [3.63, 3.8) is 0 Å². The Bertz CT molecular complexity index is 815. The number of aromatic nitrogens is 1. The summed E-state index contributed by atoms with van der Waals surface area (Å²) in [5, 5.41) is 1.11. The normalized spacial score (nSPS) is 10.7. The summed E-state index contributed by atoms with van der Waals surface area (Å²) in [5.74, 6) is -0.206. The van der Waals surface area contributed by atoms with E-state index in [1.165, 1.54) is 0 Å². The summed E-state index contributed by atoms with van der Waals surface area (Å²) >= 11 is 3.38. The molecule has 0 aliphatic carbocycles. The SMILES string of the molecule is O=C(CCc1ccc2ccccc2n1)OCc1ccc(Br)cc1. The number of fused-ring (bicyclic) bond motifs is 1. The maximum Gasteiger partial charge on any atom is 0.306 e. The quantitative estimate of drug-likeness (QED) is 0.613. The van der Waals surface area contributed by atoms with Gasteiger partial charge in [0.1, 0.15) is 6.61 Å². The van der Waals surface area contributed by atoms with Crippen molar-refractivity contribution in [2.45, 2.75) is 19.4 Å². The van der Waals surface area contributed by atoms with Gasteiger partial charge in [0.2, 0.25) is 0 Å². The van der Waals surface area contributed by atoms with Crippen molar-refractivity contribution in [3.8, 4) is 0 Å². The first-order valence-corrected chi connectivity index (χ1v) is 8.25. The Kier molecular flexibility index (Phi) is 5.03. The summed E-state index contributed by atoms with van der Waals surface area (Å²) in [6.07, 6.45) is 0.922. The molecule has 116 valence electrons. The van der Waals surface area contributed by atoms with E-state index in [1.807, 2.05) is 60.7 Å². The maximum atomic E-state index is 11.9. The largest absolute Gasteiger partial charge is 0.461 e. The molecular formula is C19H16BrNO2. The van der Waals surface area contributed by atoms with Crippen molar-refractivity contribution in [1.82, 2.24) is 4.98 Å². The number of carbonyl (C=O) groups is 1. The van der Waals surface area contributed by atoms with Crippen molar-refractivity contribution in [1.29, 1.82) is 0 Å². The highest BCUT2D eigenvalue weighted by molar-refractivity contribution is 9.10. The Labute approximate surface area is 143 Å². The Balaban J connectivity index is 1.52. The lowest BCUT2D eigenvalue weighted by atomic mass is 10.1. The molecule has 0 saturated heterocycles. The molecule has 3 nitrogen and oxygen atoms in total. The topological polar surface area (TPSA) is 39.2 Å². The second-order valence-corrected chi connectivity index (χ2v) is 6.20. The smallest absolute Gasteiger partial charge is 0.306 e. The number of hydrogen-bond acceptors (Lipinski definition) is 3. The number of halogens is 1. The molecule has 0 fully saturated rings. The van der Waals surface area contributed by atoms with Gasteiger partial charge in [0, 0.05) is 22.0 Å². The van der Waals surface area contributed by atoms with E-state index >= 15 is 0 Å². The summed E-state index contributed by atoms with van der Waals surface area (Å²) in [7, 11) is 0. The molecule has 23 heavy (non-hydrogen) atoms. The van der Waals surface area contributed by atoms with Gasteiger partial charge in [-0.2, -0.15) is 0 Å². The number of rotatable bonds is 5. The van der Waals surface area contributed by atoms with Crippen LogP contribution in [0.1, 0.15) is 17.7 Å². The zero-order valence-corrected chi connectivity index (χ0v) is 14.1. The molecule has 1 aromatic heterocycles. The average molecular weight is 370 g/mol. The summed E-state index contributed by atoms with van der Waals surface area (Å²) in [5.41, 5.74) is 2.84. The first-order chi connectivity index (χ1) is 11.2. The Morgan fingerprint density at radius 1 is 1.00 bits per heavy atom. The molecule has 0 saturated carbocycles. The standard InChI is InChI=1S/C19H16BrNO2/c20-16-8-5-14(6-9-16)13-23-19(22)12-11-17-10-7-15-3-1-2-4-18(15)21-17/h1-10H,11-13H2. The van der Waals surface area contributed by atoms with Gasteiger partial charge in [-0.1, -0.05) is 52.3 Å². The molecule has 0 spiro atoms. The van der Waals surface area contributed by atoms with Crippen LogP contribution in [0.2, 0.25) is 0 Å². The minimum atomic E-state index is -0.206. The van der Waals surface area contributed by atoms with Gasteiger partial charge in [-0.05, 0) is 29.8 Å². The molecule has 3 aromatic rings. The van der Waals surface area contributed by atoms with E-state index in [4.69, 9.17) is 4.74 Å². The van der Waals surface area contributed by atoms with Gasteiger partial charge < -0.3 is 4.74 Å². The van der Waals surface area contributed by atoms with Crippen molar-refractivity contribution in [3.05, 3.63) is 76.4 Å². The van der Waals surface area contributed by atoms with Gasteiger partial charge in [-0.3, -0.25) is 9.78 Å². The maximum absolute atomic E-state index is 11.9. The van der Waals surface area contributed by atoms with E-state index < -0.39 is 0 Å². The van der Waals surface area contributed by atoms with Crippen molar-refractivity contribution >= 4 is 32.8 Å². The lowest BCUT2D eigenvalue weighted by Gasteiger charge is -2.06. The first-order valence-electron chi connectivity index (χ1n) is 7.45. The van der Waals surface area contributed by atoms with Crippen molar-refractivity contribution in [2.75, 3.05) is 0 Å². The average Bonchev–Trinajstić information content (AvgIpc) is 2.59. The molecule has 4 heteroatoms. The number of aryl methyl sites for hydroxylation is 1. The summed E-state index contributed by atoms with van der Waals surface area (Å²) in [4.78, 5) is 16.4. The molecule has 3 rings (SSSR count). The Morgan fingerprint density at radius 3 is 2.61 bits per heavy atom. The fourth-order valence-electron chi connectivity index (χ4n) is 2.29. The zero-order valence-electron chi connectivity index (χ0n) is 12.5. The Hall–Kier alpha value is -2.20. The number of pyridine rings is 1. The highest BCUT2D eigenvalue weighted by atomic mass is 79.9. The minimum Gasteiger partial charge on any atom is -0.461 e. The molecule has 0 aliphatic rings. The molecule has 0 radical (unpaired) electrons. The molecule has 0 bridgehead atoms. The van der Waals surface area contributed by atoms with Crippen molar-refractivity contribution < 1.29 is 9.53 Å². The number of carbonyl (C=O) groups excluding carboxylic acids is 1. The molecule has 0 unspecified atom stereocenters. The van der Waals surface area contributed by atoms with E-state index in [1.54, 1.807) is 0 Å². The van der Waals surface area contributed by atoms with E-state index in [0.29, 0.717) is 19.4 Å². The summed E-state index contributed by atoms with van der Waals surface area (Å²) in [6, 6.07) is 19.7. The summed E-state index contributed by atoms with van der Waals surface area (Å²) < 4.78 is 6.30. The molecule has 1 heterocycles. The lowest BCUT2D eigenvalue weighted by molar-refractivity contribution is -0.144. The lowest BCUT2D eigenvalue weighted by Crippen LogP contribution is -2.06. The highest BCUT2D eigenvalue weighted by Gasteiger charge is 2.06. The predicted molar refractivity (Wildman–Crippen MR) is 94.0 cm³/mol. The van der Waals surface area contributed by atoms with Crippen LogP contribution < -0.4 is 0 Å². The van der Waals surface area contributed by atoms with E-state index in [0.717, 1.165) is 26.6 Å². The number of benzene rings is 2. The van der Waals surface area contributed by atoms with E-state index in [2.05, 4.69) is 20.9 Å². The van der Waals surface area contributed by atoms with Crippen LogP contribution in [0.4, 0.5) is 0 Å². The van der Waals surface area contributed by atoms with Crippen molar-refractivity contribution in [2.24, 2.45) is 0 Å². The molecular weight excluding hydrogens is 354 g/mol. The second-order valence-electron chi connectivity index (χ2n) is 5.28. The zero-order chi connectivity index (χ0) is 16.1. The molecule has 0 amide bonds. The molecule has 0 N–H and O–H groups in total. The molecule has 0 aliphatic heterocycles. The number of hydrogen-bond donors (Lipinski definition) is 0. The third-order valence-corrected chi connectivity index (χ3v) is 4.08. The third kappa shape index (κ3) is 4.39. The molecule has 0 atom stereocenters. The van der Waals surface area contributed by atoms with E-state index in [9.17, 15) is 4.79 Å². The highest BCUT2D eigenvalue weighted by Crippen LogP contribution is 2.14.